The number of fused-ring (bicyclic) bond motifs is 10. The summed E-state index contributed by atoms with van der Waals surface area (Å²) in [6.45, 7) is 37.2. The van der Waals surface area contributed by atoms with Gasteiger partial charge in [0, 0.05) is 46.2 Å². The number of anilines is 1. The second kappa shape index (κ2) is 26.3. The first-order valence-electron chi connectivity index (χ1n) is 31.2. The van der Waals surface area contributed by atoms with E-state index in [1.54, 1.807) is 7.11 Å². The molecule has 84 heavy (non-hydrogen) atoms. The van der Waals surface area contributed by atoms with Gasteiger partial charge in [-0.2, -0.15) is 0 Å². The van der Waals surface area contributed by atoms with Crippen LogP contribution in [0.25, 0.3) is 54.7 Å². The monoisotopic (exact) mass is 1120 g/mol. The Balaban J connectivity index is 0.000000135. The van der Waals surface area contributed by atoms with Crippen molar-refractivity contribution in [2.75, 3.05) is 19.0 Å². The highest BCUT2D eigenvalue weighted by Crippen LogP contribution is 2.41. The molecule has 0 fully saturated rings. The molecule has 0 saturated carbocycles. The van der Waals surface area contributed by atoms with Gasteiger partial charge in [-0.15, -0.1) is 0 Å². The SMILES string of the molecule is CC(C)C1=CC2Oc3ccc(C(C)C)cc3NC(=O)C2C=C1.CC(C)c1ccc2c(c1)Cc1ccc(C(C)C)cc1-2.CC(C)c1ccc2nc3cc(C(C)C)ccc3cc2c1.COCCn1c2ccc(C(C)C)cc2c2ccc(C(C)C)cc21. The normalized spacial score (nSPS) is 15.2. The van der Waals surface area contributed by atoms with Gasteiger partial charge in [-0.05, 0) is 181 Å². The number of hydrogen-bond donors (Lipinski definition) is 1. The maximum absolute atomic E-state index is 12.5. The lowest BCUT2D eigenvalue weighted by Gasteiger charge is -2.24. The van der Waals surface area contributed by atoms with Crippen LogP contribution in [0, 0.1) is 11.8 Å². The second-order valence-electron chi connectivity index (χ2n) is 26.2. The maximum Gasteiger partial charge on any atom is 0.235 e. The molecule has 0 radical (unpaired) electrons. The Morgan fingerprint density at radius 1 is 0.512 bits per heavy atom. The molecule has 6 heteroatoms. The van der Waals surface area contributed by atoms with Crippen LogP contribution < -0.4 is 10.1 Å². The van der Waals surface area contributed by atoms with Crippen molar-refractivity contribution in [1.29, 1.82) is 0 Å². The van der Waals surface area contributed by atoms with Gasteiger partial charge in [0.2, 0.25) is 5.91 Å². The highest BCUT2D eigenvalue weighted by molar-refractivity contribution is 6.08. The average molecular weight is 1120 g/mol. The Kier molecular flexibility index (Phi) is 19.2. The van der Waals surface area contributed by atoms with E-state index in [0.29, 0.717) is 47.3 Å². The molecule has 1 N–H and O–H groups in total. The van der Waals surface area contributed by atoms with Gasteiger partial charge >= 0.3 is 0 Å². The lowest BCUT2D eigenvalue weighted by Crippen LogP contribution is -2.33. The van der Waals surface area contributed by atoms with Crippen LogP contribution in [0.4, 0.5) is 5.69 Å². The van der Waals surface area contributed by atoms with Crippen molar-refractivity contribution in [2.45, 2.75) is 171 Å². The van der Waals surface area contributed by atoms with Gasteiger partial charge in [0.05, 0.1) is 29.2 Å². The molecule has 1 aliphatic heterocycles. The Hall–Kier alpha value is -7.28. The van der Waals surface area contributed by atoms with E-state index in [9.17, 15) is 4.79 Å². The molecule has 2 unspecified atom stereocenters. The number of nitrogens with one attached hydrogen (secondary N) is 1. The van der Waals surface area contributed by atoms with Gasteiger partial charge in [0.25, 0.3) is 0 Å². The first kappa shape index (κ1) is 61.3. The summed E-state index contributed by atoms with van der Waals surface area (Å²) in [5, 5.41) is 8.19. The second-order valence-corrected chi connectivity index (χ2v) is 26.2. The molecule has 438 valence electrons. The zero-order valence-corrected chi connectivity index (χ0v) is 53.4. The summed E-state index contributed by atoms with van der Waals surface area (Å²) < 4.78 is 13.9. The third kappa shape index (κ3) is 13.6. The van der Waals surface area contributed by atoms with Crippen molar-refractivity contribution in [3.63, 3.8) is 0 Å². The largest absolute Gasteiger partial charge is 0.483 e. The molecular formula is C78H93N3O3. The van der Waals surface area contributed by atoms with E-state index in [-0.39, 0.29) is 17.9 Å². The van der Waals surface area contributed by atoms with Gasteiger partial charge in [0.1, 0.15) is 11.9 Å². The van der Waals surface area contributed by atoms with Crippen LogP contribution >= 0.6 is 0 Å². The molecule has 2 aliphatic carbocycles. The van der Waals surface area contributed by atoms with Crippen LogP contribution in [0.1, 0.15) is 202 Å². The minimum absolute atomic E-state index is 0.0000350. The van der Waals surface area contributed by atoms with Crippen LogP contribution in [0.15, 0.2) is 157 Å². The zero-order chi connectivity index (χ0) is 60.3. The van der Waals surface area contributed by atoms with Crippen molar-refractivity contribution >= 4 is 55.2 Å². The standard InChI is InChI=1S/C21H27NO.C19H23NO2.C19H21N.C19H22/c1-14(2)16-7-9-20-19(12-16)18-8-6-17(15(3)4)13-21(18)22(20)10-11-23-5;1-11(2)13-6-8-17-16(9-13)20-19(21)15-7-5-14(12(3)4)10-18(15)22-17;1-12(2)14-7-8-18-17(9-14)10-16-6-5-15(13(3)4)11-19(16)20-18;1-12(2)14-7-8-18-17(9-14)10-16-6-5-15(13(3)4)11-19(16)18/h6-9,12-15H,10-11H2,1-5H3;5-12,15,18H,1-4H3,(H,20,21);5-13H,1-4H3;5-9,11-13H,10H2,1-4H3. The van der Waals surface area contributed by atoms with Crippen molar-refractivity contribution < 1.29 is 14.3 Å². The van der Waals surface area contributed by atoms with Crippen molar-refractivity contribution in [3.8, 4) is 16.9 Å². The van der Waals surface area contributed by atoms with Crippen LogP contribution in [-0.2, 0) is 22.5 Å². The van der Waals surface area contributed by atoms with E-state index < -0.39 is 0 Å². The van der Waals surface area contributed by atoms with Gasteiger partial charge in [-0.3, -0.25) is 4.79 Å². The number of allylic oxidation sites excluding steroid dienone is 2. The topological polar surface area (TPSA) is 65.4 Å². The Morgan fingerprint density at radius 2 is 1.08 bits per heavy atom. The first-order valence-corrected chi connectivity index (χ1v) is 31.2. The van der Waals surface area contributed by atoms with Crippen LogP contribution in [0.5, 0.6) is 5.75 Å². The number of aromatic nitrogens is 2. The Morgan fingerprint density at radius 3 is 1.76 bits per heavy atom. The molecule has 0 bridgehead atoms. The summed E-state index contributed by atoms with van der Waals surface area (Å²) in [7, 11) is 1.77. The number of amides is 1. The fraction of sp³-hybridized carbons (Fsp3) is 0.385. The average Bonchev–Trinajstić information content (AvgIpc) is 2.71. The molecule has 12 rings (SSSR count). The quantitative estimate of drug-likeness (QED) is 0.131. The number of nitrogens with zero attached hydrogens (tertiary/aromatic N) is 2. The Labute approximate surface area is 502 Å². The predicted octanol–water partition coefficient (Wildman–Crippen LogP) is 21.1. The van der Waals surface area contributed by atoms with E-state index in [0.717, 1.165) is 42.0 Å². The smallest absolute Gasteiger partial charge is 0.235 e. The first-order chi connectivity index (χ1) is 40.1. The number of pyridine rings is 1. The van der Waals surface area contributed by atoms with Crippen molar-refractivity contribution in [3.05, 3.63) is 207 Å². The van der Waals surface area contributed by atoms with Crippen LogP contribution in [0.2, 0.25) is 0 Å². The number of rotatable bonds is 11. The lowest BCUT2D eigenvalue weighted by molar-refractivity contribution is -0.119. The van der Waals surface area contributed by atoms with E-state index in [1.165, 1.54) is 99.3 Å². The minimum atomic E-state index is -0.266. The van der Waals surface area contributed by atoms with Gasteiger partial charge in [-0.25, -0.2) is 4.98 Å². The summed E-state index contributed by atoms with van der Waals surface area (Å²) in [6.07, 6.45) is 6.97. The van der Waals surface area contributed by atoms with Gasteiger partial charge in [0.15, 0.2) is 0 Å². The molecule has 1 amide bonds. The summed E-state index contributed by atoms with van der Waals surface area (Å²) in [5.74, 6) is 4.72. The summed E-state index contributed by atoms with van der Waals surface area (Å²) in [4.78, 5) is 17.3. The molecule has 2 aromatic heterocycles. The molecule has 0 spiro atoms. The molecule has 2 atom stereocenters. The molecule has 6 nitrogen and oxygen atoms in total. The maximum atomic E-state index is 12.5. The summed E-state index contributed by atoms with van der Waals surface area (Å²) >= 11 is 0. The van der Waals surface area contributed by atoms with Crippen LogP contribution in [-0.4, -0.2) is 35.3 Å². The van der Waals surface area contributed by atoms with Crippen LogP contribution in [0.3, 0.4) is 0 Å². The highest BCUT2D eigenvalue weighted by atomic mass is 16.5. The van der Waals surface area contributed by atoms with E-state index >= 15 is 0 Å². The molecular weight excluding hydrogens is 1030 g/mol. The lowest BCUT2D eigenvalue weighted by atomic mass is 9.89. The highest BCUT2D eigenvalue weighted by Gasteiger charge is 2.33. The zero-order valence-electron chi connectivity index (χ0n) is 53.4. The summed E-state index contributed by atoms with van der Waals surface area (Å²) in [5.41, 5.74) is 22.3. The number of carbonyl (C=O) groups excluding carboxylic acids is 1. The fourth-order valence-electron chi connectivity index (χ4n) is 11.7. The molecule has 0 saturated heterocycles. The third-order valence-electron chi connectivity index (χ3n) is 17.4. The third-order valence-corrected chi connectivity index (χ3v) is 17.4. The molecule has 3 aliphatic rings. The van der Waals surface area contributed by atoms with E-state index in [1.807, 2.05) is 24.3 Å². The predicted molar refractivity (Wildman–Crippen MR) is 359 cm³/mol. The number of hydrogen-bond acceptors (Lipinski definition) is 4. The Bertz CT molecular complexity index is 3810. The molecule has 7 aromatic carbocycles. The van der Waals surface area contributed by atoms with Gasteiger partial charge < -0.3 is 19.4 Å². The molecule has 9 aromatic rings. The van der Waals surface area contributed by atoms with E-state index in [4.69, 9.17) is 14.5 Å². The number of carbonyl (C=O) groups is 1. The fourth-order valence-corrected chi connectivity index (χ4v) is 11.7. The minimum Gasteiger partial charge on any atom is -0.483 e. The summed E-state index contributed by atoms with van der Waals surface area (Å²) in [6, 6.07) is 49.4. The number of benzene rings is 7. The number of ether oxygens (including phenoxy) is 2. The van der Waals surface area contributed by atoms with E-state index in [2.05, 4.69) is 248 Å². The molecule has 3 heterocycles. The van der Waals surface area contributed by atoms with Gasteiger partial charge in [-0.1, -0.05) is 202 Å². The number of methoxy groups -OCH3 is 1. The van der Waals surface area contributed by atoms with Crippen molar-refractivity contribution in [1.82, 2.24) is 9.55 Å². The van der Waals surface area contributed by atoms with Crippen molar-refractivity contribution in [2.24, 2.45) is 11.8 Å².